The summed E-state index contributed by atoms with van der Waals surface area (Å²) in [6.45, 7) is 9.52. The number of aliphatic carboxylic acids is 1. The predicted octanol–water partition coefficient (Wildman–Crippen LogP) is 0.00110. The molecule has 7 heteroatoms. The lowest BCUT2D eigenvalue weighted by molar-refractivity contribution is -0.151. The first kappa shape index (κ1) is 19.3. The number of aliphatic hydroxyl groups is 3. The van der Waals surface area contributed by atoms with E-state index in [1.165, 1.54) is 6.92 Å². The number of rotatable bonds is 4. The summed E-state index contributed by atoms with van der Waals surface area (Å²) in [4.78, 5) is 20.8. The molecule has 0 aliphatic carbocycles. The Morgan fingerprint density at radius 2 is 2.05 bits per heavy atom. The maximum absolute atomic E-state index is 10.6. The lowest BCUT2D eigenvalue weighted by Gasteiger charge is -2.29. The summed E-state index contributed by atoms with van der Waals surface area (Å²) in [5.41, 5.74) is -1.90. The van der Waals surface area contributed by atoms with Crippen LogP contribution in [-0.4, -0.2) is 56.8 Å². The normalized spacial score (nSPS) is 24.2. The smallest absolute Gasteiger partial charge is 0.309 e. The van der Waals surface area contributed by atoms with Gasteiger partial charge in [0, 0.05) is 0 Å². The zero-order valence-electron chi connectivity index (χ0n) is 12.3. The van der Waals surface area contributed by atoms with Crippen molar-refractivity contribution in [1.82, 2.24) is 0 Å². The average molecular weight is 302 g/mol. The second-order valence-electron chi connectivity index (χ2n) is 5.32. The van der Waals surface area contributed by atoms with E-state index in [1.807, 2.05) is 0 Å². The maximum atomic E-state index is 10.6. The molecule has 1 aliphatic rings. The summed E-state index contributed by atoms with van der Waals surface area (Å²) in [7, 11) is 0. The molecule has 1 aliphatic heterocycles. The molecule has 0 aromatic rings. The molecular weight excluding hydrogens is 280 g/mol. The number of hydrogen-bond donors (Lipinski definition) is 4. The second-order valence-corrected chi connectivity index (χ2v) is 5.32. The van der Waals surface area contributed by atoms with Gasteiger partial charge >= 0.3 is 11.9 Å². The van der Waals surface area contributed by atoms with Crippen LogP contribution in [0.4, 0.5) is 0 Å². The summed E-state index contributed by atoms with van der Waals surface area (Å²) in [6.07, 6.45) is -0.418. The predicted molar refractivity (Wildman–Crippen MR) is 74.4 cm³/mol. The second kappa shape index (κ2) is 7.35. The Hall–Kier alpha value is -1.70. The lowest BCUT2D eigenvalue weighted by Crippen LogP contribution is -2.37. The highest BCUT2D eigenvalue weighted by Gasteiger charge is 2.33. The molecule has 0 amide bonds. The molecule has 1 saturated heterocycles. The number of ether oxygens (including phenoxy) is 1. The molecule has 7 nitrogen and oxygen atoms in total. The van der Waals surface area contributed by atoms with Crippen LogP contribution < -0.4 is 0 Å². The quantitative estimate of drug-likeness (QED) is 0.425. The molecular formula is C14H22O7. The standard InChI is InChI=1S/C7H12O4.C7H10O3/c1-5(4-8)7(2,11)3-6(9)10;1-5-4-10-6(8)3-7(5,2)9/h8,11H,1,3-4H2,2H3,(H,9,10);9H,1,3-4H2,2H3. The van der Waals surface area contributed by atoms with Gasteiger partial charge in [0.15, 0.2) is 0 Å². The SMILES string of the molecule is C=C(CO)C(C)(O)CC(=O)O.C=C1COC(=O)CC1(C)O. The topological polar surface area (TPSA) is 124 Å². The monoisotopic (exact) mass is 302 g/mol. The fourth-order valence-electron chi connectivity index (χ4n) is 1.37. The van der Waals surface area contributed by atoms with E-state index in [9.17, 15) is 19.8 Å². The number of hydrogen-bond acceptors (Lipinski definition) is 6. The van der Waals surface area contributed by atoms with E-state index >= 15 is 0 Å². The van der Waals surface area contributed by atoms with Gasteiger partial charge in [-0.05, 0) is 25.0 Å². The van der Waals surface area contributed by atoms with Crippen LogP contribution in [0.5, 0.6) is 0 Å². The van der Waals surface area contributed by atoms with Crippen molar-refractivity contribution in [3.05, 3.63) is 24.3 Å². The van der Waals surface area contributed by atoms with Crippen LogP contribution in [0, 0.1) is 0 Å². The minimum Gasteiger partial charge on any atom is -0.481 e. The number of carboxylic acids is 1. The molecule has 0 saturated carbocycles. The van der Waals surface area contributed by atoms with Crippen molar-refractivity contribution < 1.29 is 34.8 Å². The highest BCUT2D eigenvalue weighted by molar-refractivity contribution is 5.73. The average Bonchev–Trinajstić information content (AvgIpc) is 2.32. The van der Waals surface area contributed by atoms with Crippen molar-refractivity contribution >= 4 is 11.9 Å². The number of carboxylic acid groups (broad SMARTS) is 1. The van der Waals surface area contributed by atoms with Gasteiger partial charge in [-0.3, -0.25) is 9.59 Å². The van der Waals surface area contributed by atoms with Gasteiger partial charge < -0.3 is 25.2 Å². The van der Waals surface area contributed by atoms with Crippen molar-refractivity contribution in [2.75, 3.05) is 13.2 Å². The first-order valence-electron chi connectivity index (χ1n) is 6.22. The molecule has 0 aromatic heterocycles. The molecule has 0 aromatic carbocycles. The van der Waals surface area contributed by atoms with E-state index in [-0.39, 0.29) is 24.6 Å². The number of esters is 1. The first-order chi connectivity index (χ1) is 9.42. The van der Waals surface area contributed by atoms with Gasteiger partial charge in [0.2, 0.25) is 0 Å². The van der Waals surface area contributed by atoms with E-state index in [4.69, 9.17) is 10.2 Å². The Morgan fingerprint density at radius 3 is 2.38 bits per heavy atom. The van der Waals surface area contributed by atoms with Gasteiger partial charge in [-0.15, -0.1) is 0 Å². The van der Waals surface area contributed by atoms with E-state index in [1.54, 1.807) is 6.92 Å². The van der Waals surface area contributed by atoms with Gasteiger partial charge in [-0.1, -0.05) is 13.2 Å². The molecule has 1 rings (SSSR count). The van der Waals surface area contributed by atoms with Crippen LogP contribution in [0.2, 0.25) is 0 Å². The zero-order valence-corrected chi connectivity index (χ0v) is 12.3. The van der Waals surface area contributed by atoms with Gasteiger partial charge in [0.05, 0.1) is 30.7 Å². The fraction of sp³-hybridized carbons (Fsp3) is 0.571. The summed E-state index contributed by atoms with van der Waals surface area (Å²) >= 11 is 0. The fourth-order valence-corrected chi connectivity index (χ4v) is 1.37. The first-order valence-corrected chi connectivity index (χ1v) is 6.22. The van der Waals surface area contributed by atoms with Crippen LogP contribution in [-0.2, 0) is 14.3 Å². The molecule has 1 heterocycles. The summed E-state index contributed by atoms with van der Waals surface area (Å²) in [6, 6.07) is 0. The number of carbonyl (C=O) groups excluding carboxylic acids is 1. The van der Waals surface area contributed by atoms with Crippen molar-refractivity contribution in [2.45, 2.75) is 37.9 Å². The van der Waals surface area contributed by atoms with E-state index in [0.717, 1.165) is 0 Å². The van der Waals surface area contributed by atoms with Crippen LogP contribution in [0.3, 0.4) is 0 Å². The molecule has 0 spiro atoms. The molecule has 0 radical (unpaired) electrons. The Balaban J connectivity index is 0.000000382. The summed E-state index contributed by atoms with van der Waals surface area (Å²) in [5.74, 6) is -1.48. The van der Waals surface area contributed by atoms with Crippen molar-refractivity contribution in [2.24, 2.45) is 0 Å². The Labute approximate surface area is 123 Å². The largest absolute Gasteiger partial charge is 0.481 e. The summed E-state index contributed by atoms with van der Waals surface area (Å²) in [5, 5.41) is 35.6. The van der Waals surface area contributed by atoms with Crippen molar-refractivity contribution in [3.63, 3.8) is 0 Å². The maximum Gasteiger partial charge on any atom is 0.309 e. The van der Waals surface area contributed by atoms with Gasteiger partial charge in [-0.25, -0.2) is 0 Å². The van der Waals surface area contributed by atoms with Crippen LogP contribution >= 0.6 is 0 Å². The minimum atomic E-state index is -1.51. The van der Waals surface area contributed by atoms with Crippen molar-refractivity contribution in [1.29, 1.82) is 0 Å². The number of aliphatic hydroxyl groups excluding tert-OH is 1. The van der Waals surface area contributed by atoms with E-state index in [2.05, 4.69) is 17.9 Å². The lowest BCUT2D eigenvalue weighted by atomic mass is 9.92. The summed E-state index contributed by atoms with van der Waals surface area (Å²) < 4.78 is 4.63. The molecule has 0 bridgehead atoms. The van der Waals surface area contributed by atoms with E-state index < -0.39 is 30.2 Å². The van der Waals surface area contributed by atoms with Gasteiger partial charge in [0.25, 0.3) is 0 Å². The third-order valence-corrected chi connectivity index (χ3v) is 3.11. The third kappa shape index (κ3) is 6.52. The molecule has 4 N–H and O–H groups in total. The van der Waals surface area contributed by atoms with Crippen LogP contribution in [0.25, 0.3) is 0 Å². The zero-order chi connectivity index (χ0) is 16.8. The molecule has 2 unspecified atom stereocenters. The Morgan fingerprint density at radius 1 is 1.52 bits per heavy atom. The Bertz CT molecular complexity index is 435. The third-order valence-electron chi connectivity index (χ3n) is 3.11. The number of cyclic esters (lactones) is 1. The Kier molecular flexibility index (Phi) is 6.75. The van der Waals surface area contributed by atoms with E-state index in [0.29, 0.717) is 5.57 Å². The van der Waals surface area contributed by atoms with Gasteiger partial charge in [0.1, 0.15) is 6.61 Å². The van der Waals surface area contributed by atoms with Crippen LogP contribution in [0.15, 0.2) is 24.3 Å². The molecule has 21 heavy (non-hydrogen) atoms. The minimum absolute atomic E-state index is 0.0197. The highest BCUT2D eigenvalue weighted by atomic mass is 16.5. The molecule has 1 fully saturated rings. The molecule has 120 valence electrons. The molecule has 2 atom stereocenters. The van der Waals surface area contributed by atoms with Crippen molar-refractivity contribution in [3.8, 4) is 0 Å². The number of carbonyl (C=O) groups is 2. The van der Waals surface area contributed by atoms with Crippen LogP contribution in [0.1, 0.15) is 26.7 Å². The highest BCUT2D eigenvalue weighted by Crippen LogP contribution is 2.24. The van der Waals surface area contributed by atoms with Gasteiger partial charge in [-0.2, -0.15) is 0 Å².